The van der Waals surface area contributed by atoms with Crippen molar-refractivity contribution in [2.75, 3.05) is 12.4 Å². The lowest BCUT2D eigenvalue weighted by Crippen LogP contribution is -2.34. The van der Waals surface area contributed by atoms with Gasteiger partial charge in [0.15, 0.2) is 10.7 Å². The largest absolute Gasteiger partial charge is 0.496 e. The molecule has 0 radical (unpaired) electrons. The van der Waals surface area contributed by atoms with Gasteiger partial charge in [-0.1, -0.05) is 35.8 Å². The van der Waals surface area contributed by atoms with Gasteiger partial charge >= 0.3 is 0 Å². The second-order valence-corrected chi connectivity index (χ2v) is 9.51. The van der Waals surface area contributed by atoms with Crippen LogP contribution in [0, 0.1) is 6.92 Å². The molecule has 1 heterocycles. The number of aromatic nitrogens is 1. The first kappa shape index (κ1) is 23.9. The third kappa shape index (κ3) is 5.13. The van der Waals surface area contributed by atoms with E-state index in [0.29, 0.717) is 23.1 Å². The molecule has 0 aliphatic heterocycles. The number of hydrogen-bond acceptors (Lipinski definition) is 5. The summed E-state index contributed by atoms with van der Waals surface area (Å²) in [6.45, 7) is 6.17. The summed E-state index contributed by atoms with van der Waals surface area (Å²) in [6.07, 6.45) is 0. The van der Waals surface area contributed by atoms with Crippen molar-refractivity contribution in [2.24, 2.45) is 0 Å². The van der Waals surface area contributed by atoms with E-state index in [1.165, 1.54) is 12.7 Å². The Balaban J connectivity index is 1.45. The van der Waals surface area contributed by atoms with Crippen LogP contribution in [0.15, 0.2) is 63.5 Å². The Bertz CT molecular complexity index is 1380. The van der Waals surface area contributed by atoms with Crippen LogP contribution in [0.2, 0.25) is 0 Å². The van der Waals surface area contributed by atoms with E-state index in [-0.39, 0.29) is 11.0 Å². The summed E-state index contributed by atoms with van der Waals surface area (Å²) in [4.78, 5) is 17.4. The molecule has 1 amide bonds. The molecular formula is C26H24BrN3O3S. The van der Waals surface area contributed by atoms with Gasteiger partial charge in [-0.2, -0.15) is 0 Å². The van der Waals surface area contributed by atoms with Crippen molar-refractivity contribution in [3.8, 4) is 17.2 Å². The SMILES string of the molecule is COc1c(C)cc(Br)cc1C(=O)NC(=S)Nc1ccc(-c2nc3cc(C(C)C)ccc3o2)cc1. The van der Waals surface area contributed by atoms with Crippen molar-refractivity contribution in [1.29, 1.82) is 0 Å². The maximum Gasteiger partial charge on any atom is 0.261 e. The molecule has 1 aromatic heterocycles. The van der Waals surface area contributed by atoms with Crippen LogP contribution >= 0.6 is 28.1 Å². The molecule has 0 aliphatic carbocycles. The third-order valence-electron chi connectivity index (χ3n) is 5.38. The van der Waals surface area contributed by atoms with Gasteiger partial charge in [0.2, 0.25) is 5.89 Å². The Morgan fingerprint density at radius 1 is 1.12 bits per heavy atom. The van der Waals surface area contributed by atoms with E-state index in [2.05, 4.69) is 57.5 Å². The number of nitrogens with zero attached hydrogens (tertiary/aromatic N) is 1. The van der Waals surface area contributed by atoms with Crippen molar-refractivity contribution in [1.82, 2.24) is 10.3 Å². The zero-order valence-electron chi connectivity index (χ0n) is 19.2. The molecule has 0 fully saturated rings. The van der Waals surface area contributed by atoms with Gasteiger partial charge in [0.25, 0.3) is 5.91 Å². The highest BCUT2D eigenvalue weighted by molar-refractivity contribution is 9.10. The molecule has 4 aromatic rings. The zero-order chi connectivity index (χ0) is 24.4. The summed E-state index contributed by atoms with van der Waals surface area (Å²) in [5.41, 5.74) is 5.62. The van der Waals surface area contributed by atoms with Gasteiger partial charge in [0.1, 0.15) is 11.3 Å². The molecule has 3 aromatic carbocycles. The molecule has 0 bridgehead atoms. The number of amides is 1. The van der Waals surface area contributed by atoms with Crippen molar-refractivity contribution in [3.63, 3.8) is 0 Å². The molecule has 174 valence electrons. The lowest BCUT2D eigenvalue weighted by Gasteiger charge is -2.14. The second kappa shape index (κ2) is 9.95. The number of methoxy groups -OCH3 is 1. The Morgan fingerprint density at radius 2 is 1.85 bits per heavy atom. The predicted octanol–water partition coefficient (Wildman–Crippen LogP) is 6.82. The average Bonchev–Trinajstić information content (AvgIpc) is 3.22. The molecule has 34 heavy (non-hydrogen) atoms. The highest BCUT2D eigenvalue weighted by Gasteiger charge is 2.17. The van der Waals surface area contributed by atoms with Gasteiger partial charge in [0, 0.05) is 15.7 Å². The van der Waals surface area contributed by atoms with E-state index in [4.69, 9.17) is 21.4 Å². The molecular weight excluding hydrogens is 514 g/mol. The Labute approximate surface area is 211 Å². The third-order valence-corrected chi connectivity index (χ3v) is 6.05. The van der Waals surface area contributed by atoms with Crippen LogP contribution in [0.5, 0.6) is 5.75 Å². The van der Waals surface area contributed by atoms with Crippen LogP contribution in [-0.2, 0) is 0 Å². The van der Waals surface area contributed by atoms with Crippen LogP contribution in [0.1, 0.15) is 41.3 Å². The van der Waals surface area contributed by atoms with Gasteiger partial charge in [-0.25, -0.2) is 4.98 Å². The predicted molar refractivity (Wildman–Crippen MR) is 143 cm³/mol. The minimum Gasteiger partial charge on any atom is -0.496 e. The number of oxazole rings is 1. The van der Waals surface area contributed by atoms with Crippen LogP contribution in [0.3, 0.4) is 0 Å². The number of thiocarbonyl (C=S) groups is 1. The van der Waals surface area contributed by atoms with Crippen molar-refractivity contribution >= 4 is 56.0 Å². The molecule has 0 spiro atoms. The zero-order valence-corrected chi connectivity index (χ0v) is 21.6. The molecule has 4 rings (SSSR count). The average molecular weight is 538 g/mol. The summed E-state index contributed by atoms with van der Waals surface area (Å²) in [5, 5.41) is 5.91. The summed E-state index contributed by atoms with van der Waals surface area (Å²) < 4.78 is 12.1. The molecule has 0 saturated carbocycles. The Hall–Kier alpha value is -3.23. The smallest absolute Gasteiger partial charge is 0.261 e. The Kier molecular flexibility index (Phi) is 7.00. The van der Waals surface area contributed by atoms with E-state index in [1.807, 2.05) is 43.3 Å². The molecule has 8 heteroatoms. The number of fused-ring (bicyclic) bond motifs is 1. The van der Waals surface area contributed by atoms with E-state index < -0.39 is 0 Å². The van der Waals surface area contributed by atoms with Crippen molar-refractivity contribution in [2.45, 2.75) is 26.7 Å². The fraction of sp³-hybridized carbons (Fsp3) is 0.192. The van der Waals surface area contributed by atoms with E-state index in [0.717, 1.165) is 32.4 Å². The minimum absolute atomic E-state index is 0.181. The van der Waals surface area contributed by atoms with E-state index in [1.54, 1.807) is 6.07 Å². The Morgan fingerprint density at radius 3 is 2.53 bits per heavy atom. The maximum absolute atomic E-state index is 12.8. The topological polar surface area (TPSA) is 76.4 Å². The van der Waals surface area contributed by atoms with Gasteiger partial charge < -0.3 is 14.5 Å². The van der Waals surface area contributed by atoms with Gasteiger partial charge in [-0.05, 0) is 84.7 Å². The number of benzene rings is 3. The number of ether oxygens (including phenoxy) is 1. The molecule has 0 atom stereocenters. The molecule has 2 N–H and O–H groups in total. The number of halogens is 1. The van der Waals surface area contributed by atoms with E-state index in [9.17, 15) is 4.79 Å². The summed E-state index contributed by atoms with van der Waals surface area (Å²) >= 11 is 8.75. The van der Waals surface area contributed by atoms with Crippen LogP contribution in [0.4, 0.5) is 5.69 Å². The number of carbonyl (C=O) groups is 1. The first-order valence-corrected chi connectivity index (χ1v) is 11.9. The number of aryl methyl sites for hydroxylation is 1. The molecule has 0 saturated heterocycles. The summed E-state index contributed by atoms with van der Waals surface area (Å²) in [7, 11) is 1.53. The van der Waals surface area contributed by atoms with Crippen LogP contribution < -0.4 is 15.4 Å². The monoisotopic (exact) mass is 537 g/mol. The van der Waals surface area contributed by atoms with Crippen molar-refractivity contribution in [3.05, 3.63) is 75.8 Å². The van der Waals surface area contributed by atoms with Crippen LogP contribution in [-0.4, -0.2) is 23.1 Å². The minimum atomic E-state index is -0.359. The second-order valence-electron chi connectivity index (χ2n) is 8.19. The lowest BCUT2D eigenvalue weighted by atomic mass is 10.0. The highest BCUT2D eigenvalue weighted by Crippen LogP contribution is 2.29. The van der Waals surface area contributed by atoms with Gasteiger partial charge in [-0.15, -0.1) is 0 Å². The van der Waals surface area contributed by atoms with Gasteiger partial charge in [-0.3, -0.25) is 10.1 Å². The number of hydrogen-bond donors (Lipinski definition) is 2. The van der Waals surface area contributed by atoms with Crippen LogP contribution in [0.25, 0.3) is 22.6 Å². The first-order valence-electron chi connectivity index (χ1n) is 10.7. The number of nitrogens with one attached hydrogen (secondary N) is 2. The lowest BCUT2D eigenvalue weighted by molar-refractivity contribution is 0.0974. The summed E-state index contributed by atoms with van der Waals surface area (Å²) in [6, 6.07) is 17.2. The molecule has 6 nitrogen and oxygen atoms in total. The molecule has 0 unspecified atom stereocenters. The van der Waals surface area contributed by atoms with Crippen molar-refractivity contribution < 1.29 is 13.9 Å². The number of anilines is 1. The van der Waals surface area contributed by atoms with E-state index >= 15 is 0 Å². The fourth-order valence-electron chi connectivity index (χ4n) is 3.63. The quantitative estimate of drug-likeness (QED) is 0.272. The summed E-state index contributed by atoms with van der Waals surface area (Å²) in [5.74, 6) is 1.12. The maximum atomic E-state index is 12.8. The van der Waals surface area contributed by atoms with Gasteiger partial charge in [0.05, 0.1) is 12.7 Å². The number of carbonyl (C=O) groups excluding carboxylic acids is 1. The standard InChI is InChI=1S/C26H24BrN3O3S/c1-14(2)17-7-10-22-21(12-17)29-25(33-22)16-5-8-19(9-6-16)28-26(34)30-24(31)20-13-18(27)11-15(3)23(20)32-4/h5-14H,1-4H3,(H2,28,30,31,34). The first-order chi connectivity index (χ1) is 16.2. The number of rotatable bonds is 5. The molecule has 0 aliphatic rings. The fourth-order valence-corrected chi connectivity index (χ4v) is 4.41. The normalized spacial score (nSPS) is 11.0. The highest BCUT2D eigenvalue weighted by atomic mass is 79.9.